The van der Waals surface area contributed by atoms with Crippen LogP contribution in [0, 0.1) is 5.92 Å². The lowest BCUT2D eigenvalue weighted by Gasteiger charge is -2.29. The van der Waals surface area contributed by atoms with Gasteiger partial charge in [0.15, 0.2) is 0 Å². The highest BCUT2D eigenvalue weighted by molar-refractivity contribution is 5.80. The van der Waals surface area contributed by atoms with Gasteiger partial charge in [0.25, 0.3) is 0 Å². The number of carbonyl (C=O) groups excluding carboxylic acids is 1. The van der Waals surface area contributed by atoms with Gasteiger partial charge in [0.2, 0.25) is 5.91 Å². The predicted molar refractivity (Wildman–Crippen MR) is 71.6 cm³/mol. The zero-order valence-electron chi connectivity index (χ0n) is 11.1. The van der Waals surface area contributed by atoms with Gasteiger partial charge in [-0.2, -0.15) is 0 Å². The van der Waals surface area contributed by atoms with Crippen molar-refractivity contribution in [3.63, 3.8) is 0 Å². The number of amides is 1. The van der Waals surface area contributed by atoms with Gasteiger partial charge in [-0.05, 0) is 38.1 Å². The van der Waals surface area contributed by atoms with Crippen LogP contribution in [-0.4, -0.2) is 43.5 Å². The third kappa shape index (κ3) is 2.82. The van der Waals surface area contributed by atoms with Gasteiger partial charge in [0.1, 0.15) is 5.76 Å². The maximum Gasteiger partial charge on any atom is 0.225 e. The van der Waals surface area contributed by atoms with Crippen molar-refractivity contribution in [3.05, 3.63) is 24.2 Å². The van der Waals surface area contributed by atoms with Crippen LogP contribution in [0.15, 0.2) is 22.8 Å². The van der Waals surface area contributed by atoms with Crippen LogP contribution in [0.4, 0.5) is 0 Å². The molecule has 0 aromatic carbocycles. The highest BCUT2D eigenvalue weighted by atomic mass is 16.3. The second-order valence-electron chi connectivity index (χ2n) is 5.37. The Kier molecular flexibility index (Phi) is 3.84. The number of hydrogen-bond donors (Lipinski definition) is 2. The Bertz CT molecular complexity index is 408. The van der Waals surface area contributed by atoms with Gasteiger partial charge in [-0.1, -0.05) is 0 Å². The average Bonchev–Trinajstić information content (AvgIpc) is 2.98. The molecule has 1 unspecified atom stereocenters. The lowest BCUT2D eigenvalue weighted by atomic mass is 10.0. The summed E-state index contributed by atoms with van der Waals surface area (Å²) < 4.78 is 5.54. The average molecular weight is 263 g/mol. The van der Waals surface area contributed by atoms with Crippen molar-refractivity contribution in [3.8, 4) is 0 Å². The molecule has 2 saturated heterocycles. The minimum Gasteiger partial charge on any atom is -0.468 e. The van der Waals surface area contributed by atoms with Crippen molar-refractivity contribution in [2.24, 2.45) is 5.92 Å². The molecule has 2 aliphatic heterocycles. The predicted octanol–water partition coefficient (Wildman–Crippen LogP) is 0.752. The summed E-state index contributed by atoms with van der Waals surface area (Å²) in [7, 11) is 0. The number of furan rings is 1. The second-order valence-corrected chi connectivity index (χ2v) is 5.37. The second kappa shape index (κ2) is 5.75. The van der Waals surface area contributed by atoms with Gasteiger partial charge < -0.3 is 15.1 Å². The lowest BCUT2D eigenvalue weighted by molar-refractivity contribution is -0.126. The molecule has 5 heteroatoms. The van der Waals surface area contributed by atoms with Crippen molar-refractivity contribution >= 4 is 5.91 Å². The summed E-state index contributed by atoms with van der Waals surface area (Å²) >= 11 is 0. The molecule has 3 heterocycles. The molecule has 2 N–H and O–H groups in total. The van der Waals surface area contributed by atoms with Crippen molar-refractivity contribution in [1.29, 1.82) is 0 Å². The highest BCUT2D eigenvalue weighted by Crippen LogP contribution is 2.24. The van der Waals surface area contributed by atoms with Gasteiger partial charge in [-0.3, -0.25) is 9.69 Å². The van der Waals surface area contributed by atoms with Crippen LogP contribution in [0.25, 0.3) is 0 Å². The standard InChI is InChI=1S/C14H21N3O2/c18-14(11-8-15-9-11)16-10-12(13-4-3-7-19-13)17-5-1-2-6-17/h3-4,7,11-12,15H,1-2,5-6,8-10H2,(H,16,18). The molecule has 19 heavy (non-hydrogen) atoms. The topological polar surface area (TPSA) is 57.5 Å². The number of rotatable bonds is 5. The lowest BCUT2D eigenvalue weighted by Crippen LogP contribution is -2.51. The van der Waals surface area contributed by atoms with E-state index in [9.17, 15) is 4.79 Å². The van der Waals surface area contributed by atoms with E-state index in [1.165, 1.54) is 12.8 Å². The molecule has 0 radical (unpaired) electrons. The third-order valence-electron chi connectivity index (χ3n) is 4.07. The summed E-state index contributed by atoms with van der Waals surface area (Å²) in [5.74, 6) is 1.26. The highest BCUT2D eigenvalue weighted by Gasteiger charge is 2.29. The number of hydrogen-bond acceptors (Lipinski definition) is 4. The fourth-order valence-corrected chi connectivity index (χ4v) is 2.76. The van der Waals surface area contributed by atoms with Crippen molar-refractivity contribution < 1.29 is 9.21 Å². The van der Waals surface area contributed by atoms with Gasteiger partial charge in [-0.15, -0.1) is 0 Å². The maximum atomic E-state index is 11.9. The summed E-state index contributed by atoms with van der Waals surface area (Å²) in [6.07, 6.45) is 4.17. The molecule has 104 valence electrons. The monoisotopic (exact) mass is 263 g/mol. The smallest absolute Gasteiger partial charge is 0.225 e. The first-order chi connectivity index (χ1) is 9.34. The molecule has 1 aromatic rings. The molecule has 2 fully saturated rings. The van der Waals surface area contributed by atoms with Crippen molar-refractivity contribution in [2.45, 2.75) is 18.9 Å². The van der Waals surface area contributed by atoms with Crippen LogP contribution in [0.3, 0.4) is 0 Å². The third-order valence-corrected chi connectivity index (χ3v) is 4.07. The molecule has 0 bridgehead atoms. The zero-order chi connectivity index (χ0) is 13.1. The van der Waals surface area contributed by atoms with E-state index in [4.69, 9.17) is 4.42 Å². The number of likely N-dealkylation sites (tertiary alicyclic amines) is 1. The Morgan fingerprint density at radius 2 is 2.26 bits per heavy atom. The molecular formula is C14H21N3O2. The molecule has 5 nitrogen and oxygen atoms in total. The van der Waals surface area contributed by atoms with Gasteiger partial charge in [-0.25, -0.2) is 0 Å². The van der Waals surface area contributed by atoms with Gasteiger partial charge in [0, 0.05) is 19.6 Å². The molecule has 0 saturated carbocycles. The Balaban J connectivity index is 1.60. The van der Waals surface area contributed by atoms with Crippen LogP contribution < -0.4 is 10.6 Å². The van der Waals surface area contributed by atoms with Gasteiger partial charge in [0.05, 0.1) is 18.2 Å². The van der Waals surface area contributed by atoms with Crippen LogP contribution in [0.5, 0.6) is 0 Å². The van der Waals surface area contributed by atoms with E-state index < -0.39 is 0 Å². The molecule has 1 amide bonds. The Labute approximate surface area is 113 Å². The minimum absolute atomic E-state index is 0.149. The molecular weight excluding hydrogens is 242 g/mol. The zero-order valence-corrected chi connectivity index (χ0v) is 11.1. The fraction of sp³-hybridized carbons (Fsp3) is 0.643. The number of nitrogens with one attached hydrogen (secondary N) is 2. The Hall–Kier alpha value is -1.33. The van der Waals surface area contributed by atoms with E-state index in [1.807, 2.05) is 12.1 Å². The van der Waals surface area contributed by atoms with Crippen LogP contribution in [0.2, 0.25) is 0 Å². The minimum atomic E-state index is 0.149. The Morgan fingerprint density at radius 1 is 1.47 bits per heavy atom. The fourth-order valence-electron chi connectivity index (χ4n) is 2.76. The van der Waals surface area contributed by atoms with Crippen LogP contribution in [0.1, 0.15) is 24.6 Å². The van der Waals surface area contributed by atoms with E-state index in [0.29, 0.717) is 6.54 Å². The summed E-state index contributed by atoms with van der Waals surface area (Å²) in [5.41, 5.74) is 0. The van der Waals surface area contributed by atoms with Crippen LogP contribution >= 0.6 is 0 Å². The number of carbonyl (C=O) groups is 1. The van der Waals surface area contributed by atoms with Crippen molar-refractivity contribution in [1.82, 2.24) is 15.5 Å². The maximum absolute atomic E-state index is 11.9. The first-order valence-electron chi connectivity index (χ1n) is 7.10. The van der Waals surface area contributed by atoms with E-state index in [2.05, 4.69) is 15.5 Å². The normalized spacial score (nSPS) is 22.1. The summed E-state index contributed by atoms with van der Waals surface area (Å²) in [6.45, 7) is 4.43. The van der Waals surface area contributed by atoms with E-state index in [0.717, 1.165) is 31.9 Å². The largest absolute Gasteiger partial charge is 0.468 e. The first kappa shape index (κ1) is 12.7. The summed E-state index contributed by atoms with van der Waals surface area (Å²) in [5, 5.41) is 6.19. The summed E-state index contributed by atoms with van der Waals surface area (Å²) in [4.78, 5) is 14.3. The molecule has 0 aliphatic carbocycles. The first-order valence-corrected chi connectivity index (χ1v) is 7.10. The molecule has 0 spiro atoms. The van der Waals surface area contributed by atoms with E-state index in [-0.39, 0.29) is 17.9 Å². The SMILES string of the molecule is O=C(NCC(c1ccco1)N1CCCC1)C1CNC1. The van der Waals surface area contributed by atoms with Crippen LogP contribution in [-0.2, 0) is 4.79 Å². The van der Waals surface area contributed by atoms with E-state index >= 15 is 0 Å². The molecule has 3 rings (SSSR count). The Morgan fingerprint density at radius 3 is 2.84 bits per heavy atom. The van der Waals surface area contributed by atoms with Gasteiger partial charge >= 0.3 is 0 Å². The van der Waals surface area contributed by atoms with E-state index in [1.54, 1.807) is 6.26 Å². The summed E-state index contributed by atoms with van der Waals surface area (Å²) in [6, 6.07) is 4.09. The molecule has 2 aliphatic rings. The van der Waals surface area contributed by atoms with Crippen molar-refractivity contribution in [2.75, 3.05) is 32.7 Å². The number of nitrogens with zero attached hydrogens (tertiary/aromatic N) is 1. The molecule has 1 aromatic heterocycles. The quantitative estimate of drug-likeness (QED) is 0.823. The molecule has 1 atom stereocenters.